The normalized spacial score (nSPS) is 22.4. The predicted molar refractivity (Wildman–Crippen MR) is 78.0 cm³/mol. The zero-order chi connectivity index (χ0) is 14.8. The second-order valence-electron chi connectivity index (χ2n) is 5.75. The van der Waals surface area contributed by atoms with Crippen LogP contribution in [0.15, 0.2) is 12.3 Å². The van der Waals surface area contributed by atoms with E-state index in [-0.39, 0.29) is 5.92 Å². The maximum atomic E-state index is 10.9. The van der Waals surface area contributed by atoms with Gasteiger partial charge in [-0.15, -0.1) is 0 Å². The van der Waals surface area contributed by atoms with Crippen LogP contribution in [-0.2, 0) is 14.6 Å². The van der Waals surface area contributed by atoms with Gasteiger partial charge in [0.05, 0.1) is 12.5 Å². The minimum atomic E-state index is -0.624. The minimum absolute atomic E-state index is 0.104. The van der Waals surface area contributed by atoms with Gasteiger partial charge in [0, 0.05) is 6.42 Å². The molecule has 0 atom stereocenters. The molecule has 4 nitrogen and oxygen atoms in total. The quantitative estimate of drug-likeness (QED) is 0.281. The fourth-order valence-electron chi connectivity index (χ4n) is 2.74. The fourth-order valence-corrected chi connectivity index (χ4v) is 2.74. The molecule has 1 aliphatic carbocycles. The monoisotopic (exact) mass is 284 g/mol. The molecular weight excluding hydrogens is 256 g/mol. The molecule has 0 aromatic rings. The summed E-state index contributed by atoms with van der Waals surface area (Å²) in [4.78, 5) is 21.0. The first-order valence-corrected chi connectivity index (χ1v) is 7.83. The third kappa shape index (κ3) is 6.94. The highest BCUT2D eigenvalue weighted by atomic mass is 17.2. The van der Waals surface area contributed by atoms with E-state index in [1.165, 1.54) is 6.42 Å². The Morgan fingerprint density at radius 3 is 2.55 bits per heavy atom. The molecule has 1 fully saturated rings. The largest absolute Gasteiger partial charge is 0.481 e. The van der Waals surface area contributed by atoms with Gasteiger partial charge in [-0.1, -0.05) is 26.3 Å². The van der Waals surface area contributed by atoms with Gasteiger partial charge in [0.2, 0.25) is 0 Å². The van der Waals surface area contributed by atoms with E-state index in [1.807, 2.05) is 0 Å². The number of carboxylic acid groups (broad SMARTS) is 1. The van der Waals surface area contributed by atoms with Gasteiger partial charge >= 0.3 is 5.97 Å². The van der Waals surface area contributed by atoms with Crippen molar-refractivity contribution in [1.29, 1.82) is 0 Å². The zero-order valence-electron chi connectivity index (χ0n) is 12.6. The first kappa shape index (κ1) is 17.0. The van der Waals surface area contributed by atoms with Crippen LogP contribution in [0.3, 0.4) is 0 Å². The average Bonchev–Trinajstić information content (AvgIpc) is 2.43. The molecule has 1 N–H and O–H groups in total. The van der Waals surface area contributed by atoms with Crippen LogP contribution in [0, 0.1) is 11.8 Å². The highest BCUT2D eigenvalue weighted by Gasteiger charge is 2.25. The van der Waals surface area contributed by atoms with Crippen LogP contribution in [0.4, 0.5) is 0 Å². The van der Waals surface area contributed by atoms with E-state index in [1.54, 1.807) is 0 Å². The molecule has 0 amide bonds. The van der Waals surface area contributed by atoms with Crippen molar-refractivity contribution >= 4 is 5.97 Å². The Morgan fingerprint density at radius 1 is 1.25 bits per heavy atom. The summed E-state index contributed by atoms with van der Waals surface area (Å²) >= 11 is 0. The fraction of sp³-hybridized carbons (Fsp3) is 0.812. The van der Waals surface area contributed by atoms with Crippen molar-refractivity contribution in [2.75, 3.05) is 6.61 Å². The molecule has 1 aliphatic rings. The molecule has 0 spiro atoms. The van der Waals surface area contributed by atoms with Crippen LogP contribution in [0.1, 0.15) is 64.7 Å². The SMILES string of the molecule is C=C(CCC)OOCCCCC1CCC(C(=O)O)CC1. The second-order valence-corrected chi connectivity index (χ2v) is 5.75. The lowest BCUT2D eigenvalue weighted by molar-refractivity contribution is -0.264. The number of aliphatic carboxylic acids is 1. The van der Waals surface area contributed by atoms with E-state index in [9.17, 15) is 4.79 Å². The Hall–Kier alpha value is -1.03. The standard InChI is InChI=1S/C16H28O4/c1-3-6-13(2)20-19-12-5-4-7-14-8-10-15(11-9-14)16(17)18/h14-15H,2-12H2,1H3,(H,17,18). The lowest BCUT2D eigenvalue weighted by Crippen LogP contribution is -2.21. The summed E-state index contributed by atoms with van der Waals surface area (Å²) in [7, 11) is 0. The van der Waals surface area contributed by atoms with E-state index >= 15 is 0 Å². The molecule has 1 saturated carbocycles. The van der Waals surface area contributed by atoms with Gasteiger partial charge < -0.3 is 9.99 Å². The highest BCUT2D eigenvalue weighted by molar-refractivity contribution is 5.69. The van der Waals surface area contributed by atoms with Gasteiger partial charge in [-0.25, -0.2) is 0 Å². The summed E-state index contributed by atoms with van der Waals surface area (Å²) in [6, 6.07) is 0. The lowest BCUT2D eigenvalue weighted by Gasteiger charge is -2.25. The van der Waals surface area contributed by atoms with Gasteiger partial charge in [0.15, 0.2) is 0 Å². The van der Waals surface area contributed by atoms with Crippen LogP contribution in [-0.4, -0.2) is 17.7 Å². The van der Waals surface area contributed by atoms with Crippen LogP contribution < -0.4 is 0 Å². The van der Waals surface area contributed by atoms with Crippen molar-refractivity contribution in [3.8, 4) is 0 Å². The molecular formula is C16H28O4. The van der Waals surface area contributed by atoms with Crippen molar-refractivity contribution < 1.29 is 19.7 Å². The average molecular weight is 284 g/mol. The van der Waals surface area contributed by atoms with E-state index in [0.717, 1.165) is 51.4 Å². The van der Waals surface area contributed by atoms with Crippen LogP contribution in [0.2, 0.25) is 0 Å². The first-order chi connectivity index (χ1) is 9.63. The lowest BCUT2D eigenvalue weighted by atomic mass is 9.80. The van der Waals surface area contributed by atoms with Crippen molar-refractivity contribution in [2.45, 2.75) is 64.7 Å². The second kappa shape index (κ2) is 9.81. The molecule has 0 aromatic carbocycles. The van der Waals surface area contributed by atoms with E-state index in [2.05, 4.69) is 13.5 Å². The third-order valence-electron chi connectivity index (χ3n) is 3.99. The molecule has 0 saturated heterocycles. The van der Waals surface area contributed by atoms with Crippen LogP contribution in [0.25, 0.3) is 0 Å². The van der Waals surface area contributed by atoms with Gasteiger partial charge in [0.1, 0.15) is 5.76 Å². The molecule has 0 bridgehead atoms. The number of carbonyl (C=O) groups is 1. The highest BCUT2D eigenvalue weighted by Crippen LogP contribution is 2.31. The summed E-state index contributed by atoms with van der Waals surface area (Å²) in [5.41, 5.74) is 0. The number of allylic oxidation sites excluding steroid dienone is 1. The van der Waals surface area contributed by atoms with Gasteiger partial charge in [-0.3, -0.25) is 4.79 Å². The predicted octanol–water partition coefficient (Wildman–Crippen LogP) is 4.31. The third-order valence-corrected chi connectivity index (χ3v) is 3.99. The molecule has 0 unspecified atom stereocenters. The van der Waals surface area contributed by atoms with E-state index in [4.69, 9.17) is 14.9 Å². The van der Waals surface area contributed by atoms with Gasteiger partial charge in [-0.05, 0) is 44.4 Å². The summed E-state index contributed by atoms with van der Waals surface area (Å²) in [6.07, 6.45) is 8.93. The molecule has 20 heavy (non-hydrogen) atoms. The summed E-state index contributed by atoms with van der Waals surface area (Å²) in [5, 5.41) is 8.94. The van der Waals surface area contributed by atoms with Crippen molar-refractivity contribution in [3.63, 3.8) is 0 Å². The maximum absolute atomic E-state index is 10.9. The molecule has 0 aromatic heterocycles. The molecule has 0 aliphatic heterocycles. The molecule has 116 valence electrons. The Labute approximate surface area is 122 Å². The number of rotatable bonds is 10. The van der Waals surface area contributed by atoms with Crippen molar-refractivity contribution in [2.24, 2.45) is 11.8 Å². The number of hydrogen-bond donors (Lipinski definition) is 1. The van der Waals surface area contributed by atoms with E-state index in [0.29, 0.717) is 18.3 Å². The first-order valence-electron chi connectivity index (χ1n) is 7.83. The molecule has 4 heteroatoms. The number of unbranched alkanes of at least 4 members (excludes halogenated alkanes) is 1. The Kier molecular flexibility index (Phi) is 8.35. The zero-order valence-corrected chi connectivity index (χ0v) is 12.6. The number of hydrogen-bond acceptors (Lipinski definition) is 3. The van der Waals surface area contributed by atoms with Crippen LogP contribution in [0.5, 0.6) is 0 Å². The Morgan fingerprint density at radius 2 is 1.95 bits per heavy atom. The summed E-state index contributed by atoms with van der Waals surface area (Å²) in [5.74, 6) is 0.662. The smallest absolute Gasteiger partial charge is 0.306 e. The molecule has 0 heterocycles. The van der Waals surface area contributed by atoms with Crippen molar-refractivity contribution in [1.82, 2.24) is 0 Å². The van der Waals surface area contributed by atoms with Gasteiger partial charge in [-0.2, -0.15) is 4.89 Å². The van der Waals surface area contributed by atoms with Crippen LogP contribution >= 0.6 is 0 Å². The summed E-state index contributed by atoms with van der Waals surface area (Å²) < 4.78 is 0. The number of carboxylic acids is 1. The Balaban J connectivity index is 1.95. The summed E-state index contributed by atoms with van der Waals surface area (Å²) in [6.45, 7) is 6.44. The Bertz CT molecular complexity index is 293. The van der Waals surface area contributed by atoms with Crippen molar-refractivity contribution in [3.05, 3.63) is 12.3 Å². The molecule has 1 rings (SSSR count). The maximum Gasteiger partial charge on any atom is 0.306 e. The minimum Gasteiger partial charge on any atom is -0.481 e. The topological polar surface area (TPSA) is 55.8 Å². The molecule has 0 radical (unpaired) electrons. The van der Waals surface area contributed by atoms with E-state index < -0.39 is 5.97 Å². The van der Waals surface area contributed by atoms with Gasteiger partial charge in [0.25, 0.3) is 0 Å².